The van der Waals surface area contributed by atoms with Crippen LogP contribution in [0.15, 0.2) is 52.3 Å². The van der Waals surface area contributed by atoms with Gasteiger partial charge >= 0.3 is 0 Å². The van der Waals surface area contributed by atoms with E-state index < -0.39 is 10.0 Å². The Morgan fingerprint density at radius 3 is 2.58 bits per heavy atom. The quantitative estimate of drug-likeness (QED) is 0.623. The fourth-order valence-electron chi connectivity index (χ4n) is 4.60. The molecule has 3 heterocycles. The summed E-state index contributed by atoms with van der Waals surface area (Å²) in [4.78, 5) is 19.7. The number of hydrogen-bond donors (Lipinski definition) is 0. The van der Waals surface area contributed by atoms with Crippen LogP contribution in [0.4, 0.5) is 0 Å². The average Bonchev–Trinajstić information content (AvgIpc) is 3.23. The Bertz CT molecular complexity index is 1310. The number of benzene rings is 1. The first-order valence-electron chi connectivity index (χ1n) is 10.7. The predicted octanol–water partition coefficient (Wildman–Crippen LogP) is 2.00. The molecule has 7 nitrogen and oxygen atoms in total. The van der Waals surface area contributed by atoms with Crippen LogP contribution in [-0.2, 0) is 29.4 Å². The van der Waals surface area contributed by atoms with Crippen molar-refractivity contribution in [2.75, 3.05) is 26.2 Å². The van der Waals surface area contributed by atoms with Crippen molar-refractivity contribution in [3.63, 3.8) is 0 Å². The summed E-state index contributed by atoms with van der Waals surface area (Å²) in [6.45, 7) is 4.56. The van der Waals surface area contributed by atoms with Crippen LogP contribution in [0.5, 0.6) is 0 Å². The van der Waals surface area contributed by atoms with Crippen molar-refractivity contribution in [1.82, 2.24) is 18.6 Å². The molecule has 0 radical (unpaired) electrons. The molecular weight excluding hydrogens is 412 g/mol. The molecule has 0 atom stereocenters. The zero-order valence-corrected chi connectivity index (χ0v) is 18.4. The maximum absolute atomic E-state index is 13.1. The third-order valence-electron chi connectivity index (χ3n) is 6.36. The van der Waals surface area contributed by atoms with Gasteiger partial charge < -0.3 is 0 Å². The van der Waals surface area contributed by atoms with Gasteiger partial charge in [0.05, 0.1) is 10.6 Å². The van der Waals surface area contributed by atoms with Gasteiger partial charge in [0.15, 0.2) is 0 Å². The van der Waals surface area contributed by atoms with Gasteiger partial charge in [0.25, 0.3) is 5.56 Å². The van der Waals surface area contributed by atoms with Gasteiger partial charge in [-0.2, -0.15) is 4.31 Å². The summed E-state index contributed by atoms with van der Waals surface area (Å²) in [6, 6.07) is 10.9. The van der Waals surface area contributed by atoms with Crippen molar-refractivity contribution >= 4 is 15.7 Å². The zero-order valence-electron chi connectivity index (χ0n) is 17.6. The second kappa shape index (κ2) is 7.85. The van der Waals surface area contributed by atoms with E-state index in [1.807, 2.05) is 31.2 Å². The number of rotatable bonds is 4. The number of hydrogen-bond acceptors (Lipinski definition) is 5. The van der Waals surface area contributed by atoms with Crippen LogP contribution < -0.4 is 5.56 Å². The van der Waals surface area contributed by atoms with E-state index in [2.05, 4.69) is 9.88 Å². The number of piperazine rings is 1. The lowest BCUT2D eigenvalue weighted by atomic mass is 10.1. The molecule has 31 heavy (non-hydrogen) atoms. The topological polar surface area (TPSA) is 75.0 Å². The summed E-state index contributed by atoms with van der Waals surface area (Å²) >= 11 is 0. The van der Waals surface area contributed by atoms with Crippen molar-refractivity contribution in [2.45, 2.75) is 37.6 Å². The van der Waals surface area contributed by atoms with E-state index in [1.165, 1.54) is 11.1 Å². The van der Waals surface area contributed by atoms with Crippen LogP contribution in [0, 0.1) is 6.92 Å². The number of fused-ring (bicyclic) bond motifs is 2. The molecule has 0 N–H and O–H groups in total. The molecule has 0 spiro atoms. The van der Waals surface area contributed by atoms with Gasteiger partial charge in [0.2, 0.25) is 10.0 Å². The Balaban J connectivity index is 1.29. The van der Waals surface area contributed by atoms with Crippen LogP contribution in [0.1, 0.15) is 28.8 Å². The van der Waals surface area contributed by atoms with Crippen LogP contribution in [0.3, 0.4) is 0 Å². The Kier molecular flexibility index (Phi) is 5.16. The lowest BCUT2D eigenvalue weighted by molar-refractivity contribution is 0.180. The monoisotopic (exact) mass is 438 g/mol. The second-order valence-electron chi connectivity index (χ2n) is 8.43. The molecular formula is C23H26N4O3S. The third-order valence-corrected chi connectivity index (χ3v) is 8.26. The first-order chi connectivity index (χ1) is 14.9. The highest BCUT2D eigenvalue weighted by atomic mass is 32.2. The van der Waals surface area contributed by atoms with E-state index in [1.54, 1.807) is 27.0 Å². The fourth-order valence-corrected chi connectivity index (χ4v) is 6.08. The van der Waals surface area contributed by atoms with Crippen molar-refractivity contribution in [2.24, 2.45) is 0 Å². The predicted molar refractivity (Wildman–Crippen MR) is 119 cm³/mol. The van der Waals surface area contributed by atoms with E-state index in [0.29, 0.717) is 49.0 Å². The van der Waals surface area contributed by atoms with Gasteiger partial charge in [-0.25, -0.2) is 13.4 Å². The summed E-state index contributed by atoms with van der Waals surface area (Å²) in [5.41, 5.74) is 4.69. The molecule has 1 fully saturated rings. The molecule has 162 valence electrons. The Morgan fingerprint density at radius 1 is 1.00 bits per heavy atom. The molecule has 0 bridgehead atoms. The molecule has 2 aliphatic rings. The van der Waals surface area contributed by atoms with E-state index in [-0.39, 0.29) is 5.56 Å². The highest BCUT2D eigenvalue weighted by Crippen LogP contribution is 2.26. The molecule has 1 saturated heterocycles. The average molecular weight is 439 g/mol. The third kappa shape index (κ3) is 3.79. The van der Waals surface area contributed by atoms with Gasteiger partial charge in [-0.3, -0.25) is 14.1 Å². The second-order valence-corrected chi connectivity index (χ2v) is 10.4. The van der Waals surface area contributed by atoms with E-state index in [0.717, 1.165) is 24.8 Å². The van der Waals surface area contributed by atoms with Crippen LogP contribution in [0.25, 0.3) is 5.65 Å². The summed E-state index contributed by atoms with van der Waals surface area (Å²) in [7, 11) is -3.48. The lowest BCUT2D eigenvalue weighted by Gasteiger charge is -2.33. The van der Waals surface area contributed by atoms with E-state index in [9.17, 15) is 13.2 Å². The first-order valence-corrected chi connectivity index (χ1v) is 12.2. The molecule has 1 aliphatic heterocycles. The zero-order chi connectivity index (χ0) is 21.6. The van der Waals surface area contributed by atoms with Gasteiger partial charge in [-0.05, 0) is 61.1 Å². The lowest BCUT2D eigenvalue weighted by Crippen LogP contribution is -2.48. The van der Waals surface area contributed by atoms with Gasteiger partial charge in [-0.15, -0.1) is 0 Å². The molecule has 0 saturated carbocycles. The fraction of sp³-hybridized carbons (Fsp3) is 0.391. The molecule has 1 aliphatic carbocycles. The van der Waals surface area contributed by atoms with E-state index in [4.69, 9.17) is 0 Å². The van der Waals surface area contributed by atoms with Gasteiger partial charge in [0, 0.05) is 45.0 Å². The summed E-state index contributed by atoms with van der Waals surface area (Å²) in [5.74, 6) is 0. The molecule has 1 aromatic carbocycles. The first kappa shape index (κ1) is 20.4. The molecule has 2 aromatic heterocycles. The maximum atomic E-state index is 13.1. The molecule has 3 aromatic rings. The molecule has 0 amide bonds. The summed E-state index contributed by atoms with van der Waals surface area (Å²) < 4.78 is 29.4. The number of aromatic nitrogens is 2. The van der Waals surface area contributed by atoms with Crippen molar-refractivity contribution in [1.29, 1.82) is 0 Å². The summed E-state index contributed by atoms with van der Waals surface area (Å²) in [5, 5.41) is 0. The highest BCUT2D eigenvalue weighted by Gasteiger charge is 2.29. The summed E-state index contributed by atoms with van der Waals surface area (Å²) in [6.07, 6.45) is 4.83. The Hall–Kier alpha value is -2.55. The molecule has 5 rings (SSSR count). The van der Waals surface area contributed by atoms with Crippen LogP contribution >= 0.6 is 0 Å². The Labute approximate surface area is 182 Å². The number of sulfonamides is 1. The molecule has 0 unspecified atom stereocenters. The number of nitrogens with zero attached hydrogens (tertiary/aromatic N) is 4. The number of pyridine rings is 1. The number of aryl methyl sites for hydroxylation is 3. The maximum Gasteiger partial charge on any atom is 0.258 e. The SMILES string of the molecule is Cc1cccn2c(=O)cc(CN3CCN(S(=O)(=O)c4ccc5c(c4)CCC5)CC3)nc12. The normalized spacial score (nSPS) is 17.8. The van der Waals surface area contributed by atoms with Crippen molar-refractivity contribution in [3.05, 3.63) is 75.3 Å². The van der Waals surface area contributed by atoms with Gasteiger partial charge in [0.1, 0.15) is 5.65 Å². The minimum atomic E-state index is -3.48. The van der Waals surface area contributed by atoms with Gasteiger partial charge in [-0.1, -0.05) is 12.1 Å². The van der Waals surface area contributed by atoms with Crippen molar-refractivity contribution < 1.29 is 8.42 Å². The largest absolute Gasteiger partial charge is 0.295 e. The molecule has 8 heteroatoms. The highest BCUT2D eigenvalue weighted by molar-refractivity contribution is 7.89. The minimum absolute atomic E-state index is 0.0958. The Morgan fingerprint density at radius 2 is 1.77 bits per heavy atom. The van der Waals surface area contributed by atoms with Crippen LogP contribution in [-0.4, -0.2) is 53.2 Å². The smallest absolute Gasteiger partial charge is 0.258 e. The van der Waals surface area contributed by atoms with Crippen LogP contribution in [0.2, 0.25) is 0 Å². The minimum Gasteiger partial charge on any atom is -0.295 e. The standard InChI is InChI=1S/C23H26N4O3S/c1-17-4-3-9-27-22(28)15-20(24-23(17)27)16-25-10-12-26(13-11-25)31(29,30)21-8-7-18-5-2-6-19(18)14-21/h3-4,7-9,14-15H,2,5-6,10-13,16H2,1H3. The van der Waals surface area contributed by atoms with E-state index >= 15 is 0 Å². The van der Waals surface area contributed by atoms with Crippen molar-refractivity contribution in [3.8, 4) is 0 Å².